The number of allylic oxidation sites excluding steroid dienone is 1. The fourth-order valence-electron chi connectivity index (χ4n) is 1.64. The first-order chi connectivity index (χ1) is 8.74. The van der Waals surface area contributed by atoms with Crippen LogP contribution in [0.4, 0.5) is 0 Å². The van der Waals surface area contributed by atoms with E-state index in [1.54, 1.807) is 6.26 Å². The largest absolute Gasteiger partial charge is 0.468 e. The van der Waals surface area contributed by atoms with Crippen molar-refractivity contribution < 1.29 is 9.15 Å². The van der Waals surface area contributed by atoms with Gasteiger partial charge in [-0.05, 0) is 31.4 Å². The van der Waals surface area contributed by atoms with E-state index in [4.69, 9.17) is 9.15 Å². The van der Waals surface area contributed by atoms with Crippen molar-refractivity contribution in [2.75, 3.05) is 13.2 Å². The van der Waals surface area contributed by atoms with Crippen LogP contribution in [-0.2, 0) is 17.9 Å². The standard InChI is InChI=1S/C15H25NO2/c1-4-5-6-8-17-12-14-7-9-18-15(14)11-16-10-13(2)3/h4,7,9,13,16H,1,5-6,8,10-12H2,2-3H3. The summed E-state index contributed by atoms with van der Waals surface area (Å²) in [6.07, 6.45) is 5.69. The van der Waals surface area contributed by atoms with Crippen LogP contribution < -0.4 is 5.32 Å². The van der Waals surface area contributed by atoms with Gasteiger partial charge < -0.3 is 14.5 Å². The second kappa shape index (κ2) is 8.95. The molecule has 0 bridgehead atoms. The van der Waals surface area contributed by atoms with Crippen LogP contribution in [0.5, 0.6) is 0 Å². The lowest BCUT2D eigenvalue weighted by molar-refractivity contribution is 0.118. The molecule has 102 valence electrons. The molecule has 0 aromatic carbocycles. The topological polar surface area (TPSA) is 34.4 Å². The lowest BCUT2D eigenvalue weighted by Gasteiger charge is -2.07. The molecule has 1 aromatic rings. The Kier molecular flexibility index (Phi) is 7.46. The van der Waals surface area contributed by atoms with Gasteiger partial charge in [0.05, 0.1) is 19.4 Å². The molecule has 0 aliphatic rings. The van der Waals surface area contributed by atoms with Gasteiger partial charge in [-0.15, -0.1) is 6.58 Å². The average Bonchev–Trinajstić information content (AvgIpc) is 2.76. The third-order valence-electron chi connectivity index (χ3n) is 2.63. The fraction of sp³-hybridized carbons (Fsp3) is 0.600. The molecule has 0 amide bonds. The monoisotopic (exact) mass is 251 g/mol. The SMILES string of the molecule is C=CCCCOCc1ccoc1CNCC(C)C. The van der Waals surface area contributed by atoms with Crippen LogP contribution in [0, 0.1) is 5.92 Å². The van der Waals surface area contributed by atoms with E-state index in [1.165, 1.54) is 0 Å². The number of hydrogen-bond acceptors (Lipinski definition) is 3. The van der Waals surface area contributed by atoms with E-state index in [0.29, 0.717) is 12.5 Å². The molecule has 18 heavy (non-hydrogen) atoms. The molecule has 0 aliphatic heterocycles. The van der Waals surface area contributed by atoms with E-state index in [-0.39, 0.29) is 0 Å². The summed E-state index contributed by atoms with van der Waals surface area (Å²) < 4.78 is 11.1. The third kappa shape index (κ3) is 6.03. The van der Waals surface area contributed by atoms with Crippen LogP contribution in [0.15, 0.2) is 29.4 Å². The Labute approximate surface area is 110 Å². The van der Waals surface area contributed by atoms with Crippen molar-refractivity contribution in [2.45, 2.75) is 39.8 Å². The zero-order valence-corrected chi connectivity index (χ0v) is 11.6. The van der Waals surface area contributed by atoms with E-state index in [2.05, 4.69) is 25.7 Å². The molecular formula is C15H25NO2. The highest BCUT2D eigenvalue weighted by Gasteiger charge is 2.06. The van der Waals surface area contributed by atoms with Gasteiger partial charge in [0.15, 0.2) is 0 Å². The predicted octanol–water partition coefficient (Wildman–Crippen LogP) is 3.51. The Morgan fingerprint density at radius 2 is 2.33 bits per heavy atom. The van der Waals surface area contributed by atoms with Gasteiger partial charge >= 0.3 is 0 Å². The molecule has 0 fully saturated rings. The smallest absolute Gasteiger partial charge is 0.123 e. The van der Waals surface area contributed by atoms with Gasteiger partial charge in [-0.25, -0.2) is 0 Å². The second-order valence-corrected chi connectivity index (χ2v) is 4.88. The fourth-order valence-corrected chi connectivity index (χ4v) is 1.64. The molecule has 3 heteroatoms. The van der Waals surface area contributed by atoms with Gasteiger partial charge in [-0.2, -0.15) is 0 Å². The van der Waals surface area contributed by atoms with E-state index in [1.807, 2.05) is 12.1 Å². The lowest BCUT2D eigenvalue weighted by atomic mass is 10.2. The molecular weight excluding hydrogens is 226 g/mol. The molecule has 1 N–H and O–H groups in total. The highest BCUT2D eigenvalue weighted by Crippen LogP contribution is 2.12. The zero-order valence-electron chi connectivity index (χ0n) is 11.6. The Morgan fingerprint density at radius 1 is 1.50 bits per heavy atom. The lowest BCUT2D eigenvalue weighted by Crippen LogP contribution is -2.19. The summed E-state index contributed by atoms with van der Waals surface area (Å²) in [7, 11) is 0. The Hall–Kier alpha value is -1.06. The number of rotatable bonds is 10. The normalized spacial score (nSPS) is 11.1. The maximum absolute atomic E-state index is 5.61. The molecule has 0 saturated heterocycles. The zero-order chi connectivity index (χ0) is 13.2. The highest BCUT2D eigenvalue weighted by atomic mass is 16.5. The molecule has 0 atom stereocenters. The molecule has 0 spiro atoms. The minimum atomic E-state index is 0.631. The summed E-state index contributed by atoms with van der Waals surface area (Å²) in [5.41, 5.74) is 1.14. The van der Waals surface area contributed by atoms with Crippen molar-refractivity contribution in [3.05, 3.63) is 36.3 Å². The second-order valence-electron chi connectivity index (χ2n) is 4.88. The summed E-state index contributed by atoms with van der Waals surface area (Å²) in [6, 6.07) is 1.99. The van der Waals surface area contributed by atoms with Gasteiger partial charge in [0.1, 0.15) is 5.76 Å². The van der Waals surface area contributed by atoms with Crippen molar-refractivity contribution in [1.82, 2.24) is 5.32 Å². The number of furan rings is 1. The molecule has 3 nitrogen and oxygen atoms in total. The van der Waals surface area contributed by atoms with Gasteiger partial charge in [0, 0.05) is 12.2 Å². The van der Waals surface area contributed by atoms with Gasteiger partial charge in [0.2, 0.25) is 0 Å². The molecule has 0 unspecified atom stereocenters. The maximum Gasteiger partial charge on any atom is 0.123 e. The summed E-state index contributed by atoms with van der Waals surface area (Å²) in [6.45, 7) is 11.3. The first-order valence-corrected chi connectivity index (χ1v) is 6.68. The number of ether oxygens (including phenoxy) is 1. The number of hydrogen-bond donors (Lipinski definition) is 1. The molecule has 1 heterocycles. The van der Waals surface area contributed by atoms with Crippen molar-refractivity contribution in [1.29, 1.82) is 0 Å². The van der Waals surface area contributed by atoms with Gasteiger partial charge in [-0.1, -0.05) is 19.9 Å². The van der Waals surface area contributed by atoms with Crippen LogP contribution in [-0.4, -0.2) is 13.2 Å². The quantitative estimate of drug-likeness (QED) is 0.510. The van der Waals surface area contributed by atoms with Crippen molar-refractivity contribution in [3.8, 4) is 0 Å². The van der Waals surface area contributed by atoms with Crippen molar-refractivity contribution >= 4 is 0 Å². The molecule has 0 aliphatic carbocycles. The van der Waals surface area contributed by atoms with E-state index >= 15 is 0 Å². The third-order valence-corrected chi connectivity index (χ3v) is 2.63. The first kappa shape index (κ1) is 15.0. The first-order valence-electron chi connectivity index (χ1n) is 6.68. The Morgan fingerprint density at radius 3 is 3.06 bits per heavy atom. The number of nitrogens with one attached hydrogen (secondary N) is 1. The highest BCUT2D eigenvalue weighted by molar-refractivity contribution is 5.15. The van der Waals surface area contributed by atoms with E-state index in [9.17, 15) is 0 Å². The van der Waals surface area contributed by atoms with Crippen LogP contribution in [0.3, 0.4) is 0 Å². The van der Waals surface area contributed by atoms with Gasteiger partial charge in [-0.3, -0.25) is 0 Å². The molecule has 0 saturated carbocycles. The number of unbranched alkanes of at least 4 members (excludes halogenated alkanes) is 1. The van der Waals surface area contributed by atoms with Crippen molar-refractivity contribution in [2.24, 2.45) is 5.92 Å². The van der Waals surface area contributed by atoms with Crippen LogP contribution in [0.2, 0.25) is 0 Å². The minimum Gasteiger partial charge on any atom is -0.468 e. The summed E-state index contributed by atoms with van der Waals surface area (Å²) in [5, 5.41) is 3.38. The molecule has 1 aromatic heterocycles. The molecule has 0 radical (unpaired) electrons. The van der Waals surface area contributed by atoms with Crippen molar-refractivity contribution in [3.63, 3.8) is 0 Å². The van der Waals surface area contributed by atoms with E-state index in [0.717, 1.165) is 43.9 Å². The molecule has 1 rings (SSSR count). The van der Waals surface area contributed by atoms with Crippen LogP contribution in [0.25, 0.3) is 0 Å². The summed E-state index contributed by atoms with van der Waals surface area (Å²) in [4.78, 5) is 0. The summed E-state index contributed by atoms with van der Waals surface area (Å²) in [5.74, 6) is 1.64. The van der Waals surface area contributed by atoms with Gasteiger partial charge in [0.25, 0.3) is 0 Å². The average molecular weight is 251 g/mol. The van der Waals surface area contributed by atoms with Crippen LogP contribution in [0.1, 0.15) is 38.0 Å². The van der Waals surface area contributed by atoms with Crippen LogP contribution >= 0.6 is 0 Å². The summed E-state index contributed by atoms with van der Waals surface area (Å²) >= 11 is 0. The minimum absolute atomic E-state index is 0.631. The van der Waals surface area contributed by atoms with E-state index < -0.39 is 0 Å². The maximum atomic E-state index is 5.61. The predicted molar refractivity (Wildman–Crippen MR) is 74.3 cm³/mol. The Balaban J connectivity index is 2.24. The Bertz CT molecular complexity index is 331.